The number of unbranched alkanes of at least 4 members (excludes halogenated alkanes) is 2. The minimum atomic E-state index is -1.30. The van der Waals surface area contributed by atoms with E-state index in [2.05, 4.69) is 36.5 Å². The highest BCUT2D eigenvalue weighted by Gasteiger charge is 2.36. The van der Waals surface area contributed by atoms with Crippen LogP contribution in [0.1, 0.15) is 91.9 Å². The van der Waals surface area contributed by atoms with Crippen LogP contribution in [0.25, 0.3) is 22.3 Å². The third kappa shape index (κ3) is 12.8. The summed E-state index contributed by atoms with van der Waals surface area (Å²) in [6, 6.07) is 23.6. The third-order valence-corrected chi connectivity index (χ3v) is 11.5. The van der Waals surface area contributed by atoms with Crippen molar-refractivity contribution in [3.63, 3.8) is 0 Å². The van der Waals surface area contributed by atoms with Crippen LogP contribution in [-0.2, 0) is 32.0 Å². The summed E-state index contributed by atoms with van der Waals surface area (Å²) in [7, 11) is 1.54. The van der Waals surface area contributed by atoms with Crippen LogP contribution in [0.5, 0.6) is 11.5 Å². The number of carbonyl (C=O) groups is 5. The number of nitrogens with one attached hydrogen (secondary N) is 1. The molecule has 0 fully saturated rings. The number of amides is 2. The SMILES string of the molecule is CCCCc1ccc(-c2cccc(C(=O)C[C@@H](CCCCN)C(=O)N(C)[C@@H]3C(=O)C[C@@H](C)C(=O)N[C@H](C(=O)O)Cc4ccc(OCCN)c(c4)-c4cc3ccc4OCCN)c2)cc1. The van der Waals surface area contributed by atoms with Gasteiger partial charge in [0.25, 0.3) is 0 Å². The molecule has 63 heavy (non-hydrogen) atoms. The maximum Gasteiger partial charge on any atom is 0.326 e. The predicted octanol–water partition coefficient (Wildman–Crippen LogP) is 6.28. The molecule has 0 radical (unpaired) electrons. The molecule has 13 heteroatoms. The zero-order chi connectivity index (χ0) is 45.5. The molecular weight excluding hydrogens is 799 g/mol. The van der Waals surface area contributed by atoms with E-state index >= 15 is 0 Å². The second-order valence-electron chi connectivity index (χ2n) is 16.4. The molecule has 1 aliphatic rings. The lowest BCUT2D eigenvalue weighted by Crippen LogP contribution is -2.45. The standard InChI is InChI=1S/C50H63N5O8/c1-4-5-9-33-13-16-35(17-14-33)36-11-8-12-37(29-36)43(56)31-39(10-6-7-21-51)49(59)55(3)47-38-18-20-46(63-25-23-53)41(30-38)40-27-34(15-19-45(40)62-24-22-52)28-42(50(60)61)54-48(58)32(2)26-44(47)57/h8,11-20,27,29-30,32,39,42,47H,4-7,9-10,21-26,28,31,51-53H2,1-3H3,(H,54,58)(H,60,61)/t32-,39-,42+,47+/m1/s1. The number of aliphatic carboxylic acids is 1. The first kappa shape index (κ1) is 48.1. The van der Waals surface area contributed by atoms with Crippen molar-refractivity contribution in [1.29, 1.82) is 0 Å². The van der Waals surface area contributed by atoms with Crippen molar-refractivity contribution in [3.05, 3.63) is 107 Å². The van der Waals surface area contributed by atoms with Gasteiger partial charge >= 0.3 is 5.97 Å². The van der Waals surface area contributed by atoms with Gasteiger partial charge in [-0.25, -0.2) is 4.79 Å². The lowest BCUT2D eigenvalue weighted by Gasteiger charge is -2.32. The van der Waals surface area contributed by atoms with Crippen molar-refractivity contribution in [2.45, 2.75) is 83.7 Å². The van der Waals surface area contributed by atoms with Gasteiger partial charge in [-0.05, 0) is 90.4 Å². The molecule has 0 spiro atoms. The molecule has 4 aromatic carbocycles. The average Bonchev–Trinajstić information content (AvgIpc) is 3.28. The summed E-state index contributed by atoms with van der Waals surface area (Å²) in [6.07, 6.45) is 4.35. The fraction of sp³-hybridized carbons (Fsp3) is 0.420. The molecule has 8 N–H and O–H groups in total. The summed E-state index contributed by atoms with van der Waals surface area (Å²) in [4.78, 5) is 71.1. The van der Waals surface area contributed by atoms with Gasteiger partial charge in [0.2, 0.25) is 11.8 Å². The molecule has 0 saturated carbocycles. The highest BCUT2D eigenvalue weighted by Crippen LogP contribution is 2.41. The first-order valence-electron chi connectivity index (χ1n) is 22.1. The van der Waals surface area contributed by atoms with Crippen molar-refractivity contribution < 1.29 is 38.6 Å². The Morgan fingerprint density at radius 3 is 2.14 bits per heavy atom. The Labute approximate surface area is 370 Å². The number of Topliss-reactive ketones (excluding diaryl/α,β-unsaturated/α-hetero) is 2. The molecular formula is C50H63N5O8. The van der Waals surface area contributed by atoms with Gasteiger partial charge in [0, 0.05) is 67.9 Å². The van der Waals surface area contributed by atoms with Crippen LogP contribution in [0.15, 0.2) is 84.9 Å². The Bertz CT molecular complexity index is 2210. The van der Waals surface area contributed by atoms with Gasteiger partial charge < -0.3 is 42.0 Å². The van der Waals surface area contributed by atoms with Crippen molar-refractivity contribution in [2.24, 2.45) is 29.0 Å². The third-order valence-electron chi connectivity index (χ3n) is 11.5. The molecule has 336 valence electrons. The number of hydrogen-bond donors (Lipinski definition) is 5. The van der Waals surface area contributed by atoms with E-state index in [-0.39, 0.29) is 51.3 Å². The van der Waals surface area contributed by atoms with E-state index < -0.39 is 47.5 Å². The molecule has 0 unspecified atom stereocenters. The number of nitrogens with zero attached hydrogens (tertiary/aromatic N) is 1. The highest BCUT2D eigenvalue weighted by molar-refractivity contribution is 6.00. The minimum absolute atomic E-state index is 0.0504. The second kappa shape index (κ2) is 23.5. The first-order chi connectivity index (χ1) is 30.4. The second-order valence-corrected chi connectivity index (χ2v) is 16.4. The van der Waals surface area contributed by atoms with Gasteiger partial charge in [-0.3, -0.25) is 19.2 Å². The number of ether oxygens (including phenoxy) is 2. The van der Waals surface area contributed by atoms with E-state index in [0.717, 1.165) is 30.4 Å². The summed E-state index contributed by atoms with van der Waals surface area (Å²) < 4.78 is 12.2. The van der Waals surface area contributed by atoms with E-state index in [0.29, 0.717) is 65.1 Å². The van der Waals surface area contributed by atoms with E-state index in [1.165, 1.54) is 10.5 Å². The highest BCUT2D eigenvalue weighted by atomic mass is 16.5. The van der Waals surface area contributed by atoms with Gasteiger partial charge in [-0.2, -0.15) is 0 Å². The van der Waals surface area contributed by atoms with Gasteiger partial charge in [0.1, 0.15) is 36.8 Å². The number of nitrogens with two attached hydrogens (primary N) is 3. The number of carboxylic acids is 1. The molecule has 0 saturated heterocycles. The Kier molecular flexibility index (Phi) is 18.0. The lowest BCUT2D eigenvalue weighted by molar-refractivity contribution is -0.144. The maximum absolute atomic E-state index is 14.9. The minimum Gasteiger partial charge on any atom is -0.492 e. The van der Waals surface area contributed by atoms with Gasteiger partial charge in [-0.15, -0.1) is 0 Å². The van der Waals surface area contributed by atoms with Gasteiger partial charge in [-0.1, -0.05) is 81.3 Å². The number of benzene rings is 4. The van der Waals surface area contributed by atoms with Crippen LogP contribution >= 0.6 is 0 Å². The number of aryl methyl sites for hydroxylation is 1. The van der Waals surface area contributed by atoms with Gasteiger partial charge in [0.05, 0.1) is 0 Å². The molecule has 4 atom stereocenters. The summed E-state index contributed by atoms with van der Waals surface area (Å²) in [5.41, 5.74) is 23.2. The van der Waals surface area contributed by atoms with Gasteiger partial charge in [0.15, 0.2) is 11.6 Å². The van der Waals surface area contributed by atoms with E-state index in [1.807, 2.05) is 18.2 Å². The van der Waals surface area contributed by atoms with E-state index in [9.17, 15) is 29.1 Å². The average molecular weight is 862 g/mol. The zero-order valence-electron chi connectivity index (χ0n) is 36.8. The number of hydrogen-bond acceptors (Lipinski definition) is 10. The van der Waals surface area contributed by atoms with Crippen molar-refractivity contribution >= 4 is 29.4 Å². The fourth-order valence-corrected chi connectivity index (χ4v) is 8.04. The summed E-state index contributed by atoms with van der Waals surface area (Å²) >= 11 is 0. The largest absolute Gasteiger partial charge is 0.492 e. The van der Waals surface area contributed by atoms with Crippen LogP contribution in [0.4, 0.5) is 0 Å². The number of ketones is 2. The Balaban J connectivity index is 1.56. The molecule has 2 amide bonds. The number of carboxylic acid groups (broad SMARTS) is 1. The molecule has 1 heterocycles. The number of carbonyl (C=O) groups excluding carboxylic acids is 4. The smallest absolute Gasteiger partial charge is 0.326 e. The summed E-state index contributed by atoms with van der Waals surface area (Å²) in [6.45, 7) is 4.91. The summed E-state index contributed by atoms with van der Waals surface area (Å²) in [5.74, 6) is -3.83. The van der Waals surface area contributed by atoms with Crippen molar-refractivity contribution in [3.8, 4) is 33.8 Å². The van der Waals surface area contributed by atoms with Crippen molar-refractivity contribution in [1.82, 2.24) is 10.2 Å². The molecule has 4 bridgehead atoms. The van der Waals surface area contributed by atoms with Crippen molar-refractivity contribution in [2.75, 3.05) is 39.9 Å². The van der Waals surface area contributed by atoms with Crippen LogP contribution in [-0.4, -0.2) is 85.3 Å². The Morgan fingerprint density at radius 1 is 0.810 bits per heavy atom. The number of rotatable bonds is 20. The first-order valence-corrected chi connectivity index (χ1v) is 22.1. The molecule has 4 aromatic rings. The Morgan fingerprint density at radius 2 is 1.49 bits per heavy atom. The molecule has 5 rings (SSSR count). The maximum atomic E-state index is 14.9. The topological polar surface area (TPSA) is 217 Å². The van der Waals surface area contributed by atoms with E-state index in [1.54, 1.807) is 56.4 Å². The molecule has 0 aliphatic carbocycles. The monoisotopic (exact) mass is 861 g/mol. The van der Waals surface area contributed by atoms with Crippen LogP contribution in [0.3, 0.4) is 0 Å². The normalized spacial score (nSPS) is 17.0. The predicted molar refractivity (Wildman–Crippen MR) is 244 cm³/mol. The van der Waals surface area contributed by atoms with Crippen LogP contribution < -0.4 is 32.0 Å². The fourth-order valence-electron chi connectivity index (χ4n) is 8.04. The summed E-state index contributed by atoms with van der Waals surface area (Å²) in [5, 5.41) is 12.8. The quantitative estimate of drug-likeness (QED) is 0.0492. The number of fused-ring (bicyclic) bond motifs is 5. The van der Waals surface area contributed by atoms with Crippen LogP contribution in [0.2, 0.25) is 0 Å². The van der Waals surface area contributed by atoms with Crippen LogP contribution in [0, 0.1) is 11.8 Å². The Hall–Kier alpha value is -5.89. The van der Waals surface area contributed by atoms with E-state index in [4.69, 9.17) is 26.7 Å². The lowest BCUT2D eigenvalue weighted by atomic mass is 9.87. The molecule has 0 aromatic heterocycles. The number of likely N-dealkylation sites (N-methyl/N-ethyl adjacent to an activating group) is 1. The molecule has 1 aliphatic heterocycles. The molecule has 13 nitrogen and oxygen atoms in total. The zero-order valence-corrected chi connectivity index (χ0v) is 36.8.